The number of carbonyl (C=O) groups excluding carboxylic acids is 3. The molecule has 0 radical (unpaired) electrons. The number of esters is 2. The molecule has 1 aromatic carbocycles. The van der Waals surface area contributed by atoms with Crippen LogP contribution in [0, 0.1) is 26.2 Å². The molecule has 0 unspecified atom stereocenters. The minimum atomic E-state index is -5.51. The third-order valence-electron chi connectivity index (χ3n) is 4.89. The predicted molar refractivity (Wildman–Crippen MR) is 138 cm³/mol. The van der Waals surface area contributed by atoms with Crippen LogP contribution in [0.3, 0.4) is 0 Å². The van der Waals surface area contributed by atoms with Crippen LogP contribution in [0.1, 0.15) is 31.2 Å². The summed E-state index contributed by atoms with van der Waals surface area (Å²) < 4.78 is 69.9. The smallest absolute Gasteiger partial charge is 0.385 e. The molecule has 0 bridgehead atoms. The Hall–Kier alpha value is -3.76. The molecule has 0 aliphatic rings. The van der Waals surface area contributed by atoms with Crippen LogP contribution < -0.4 is 21.1 Å². The van der Waals surface area contributed by atoms with Crippen molar-refractivity contribution in [1.29, 1.82) is 5.41 Å². The number of guanidine groups is 1. The molecule has 2 rings (SSSR count). The first-order valence-corrected chi connectivity index (χ1v) is 13.4. The van der Waals surface area contributed by atoms with Gasteiger partial charge in [-0.2, -0.15) is 17.9 Å². The molecule has 16 heteroatoms. The second kappa shape index (κ2) is 12.9. The Morgan fingerprint density at radius 3 is 2.31 bits per heavy atom. The van der Waals surface area contributed by atoms with E-state index in [0.717, 1.165) is 16.9 Å². The number of hydrogen-bond donors (Lipinski definition) is 5. The molecule has 1 atom stereocenters. The summed E-state index contributed by atoms with van der Waals surface area (Å²) in [5.41, 5.74) is 6.54. The van der Waals surface area contributed by atoms with Crippen LogP contribution in [0.2, 0.25) is 0 Å². The van der Waals surface area contributed by atoms with Crippen molar-refractivity contribution < 1.29 is 40.7 Å². The monoisotopic (exact) mass is 589 g/mol. The number of thiophene rings is 1. The summed E-state index contributed by atoms with van der Waals surface area (Å²) in [5, 5.41) is 11.9. The highest BCUT2D eigenvalue weighted by molar-refractivity contribution is 7.89. The van der Waals surface area contributed by atoms with E-state index in [1.807, 2.05) is 4.72 Å². The topological polar surface area (TPSA) is 181 Å². The fourth-order valence-electron chi connectivity index (χ4n) is 3.42. The standard InChI is InChI=1S/C23H26F3N5O6S2/c1-12-9-13(2)18(14(3)10-12)39(35,36)31-16(20(33)37-21(34)23(24,25)26)11-30-19(32)17-7-6-15(38-17)5-4-8-29-22(27)28/h4-7,9-10,16,31H,8,11H2,1-3H3,(H,30,32)(H4,27,28,29)/t16-/m0/s1. The van der Waals surface area contributed by atoms with Gasteiger partial charge in [-0.15, -0.1) is 11.3 Å². The number of amides is 1. The first-order chi connectivity index (χ1) is 18.0. The summed E-state index contributed by atoms with van der Waals surface area (Å²) in [6.07, 6.45) is -2.23. The van der Waals surface area contributed by atoms with Gasteiger partial charge >= 0.3 is 18.1 Å². The predicted octanol–water partition coefficient (Wildman–Crippen LogP) is 1.88. The molecule has 0 fully saturated rings. The van der Waals surface area contributed by atoms with Gasteiger partial charge < -0.3 is 21.1 Å². The van der Waals surface area contributed by atoms with Crippen molar-refractivity contribution >= 4 is 51.2 Å². The van der Waals surface area contributed by atoms with Gasteiger partial charge in [-0.3, -0.25) is 10.2 Å². The van der Waals surface area contributed by atoms with Crippen LogP contribution in [0.5, 0.6) is 0 Å². The van der Waals surface area contributed by atoms with E-state index in [-0.39, 0.29) is 22.3 Å². The summed E-state index contributed by atoms with van der Waals surface area (Å²) in [4.78, 5) is 36.8. The van der Waals surface area contributed by atoms with Gasteiger partial charge in [0.1, 0.15) is 6.04 Å². The lowest BCUT2D eigenvalue weighted by molar-refractivity contribution is -0.202. The molecule has 212 valence electrons. The average molecular weight is 590 g/mol. The molecule has 2 aromatic rings. The third-order valence-corrected chi connectivity index (χ3v) is 7.72. The van der Waals surface area contributed by atoms with Crippen molar-refractivity contribution in [2.24, 2.45) is 5.73 Å². The number of benzene rings is 1. The lowest BCUT2D eigenvalue weighted by Crippen LogP contribution is -2.50. The first kappa shape index (κ1) is 31.5. The fraction of sp³-hybridized carbons (Fsp3) is 0.304. The SMILES string of the molecule is Cc1cc(C)c(S(=O)(=O)N[C@@H](CNC(=O)c2ccc(C=CCNC(=N)N)s2)C(=O)OC(=O)C(F)(F)F)c(C)c1. The largest absolute Gasteiger partial charge is 0.491 e. The summed E-state index contributed by atoms with van der Waals surface area (Å²) in [7, 11) is -4.51. The number of carbonyl (C=O) groups is 3. The number of nitrogens with one attached hydrogen (secondary N) is 4. The molecular formula is C23H26F3N5O6S2. The van der Waals surface area contributed by atoms with E-state index >= 15 is 0 Å². The molecule has 0 spiro atoms. The Kier molecular flexibility index (Phi) is 10.4. The summed E-state index contributed by atoms with van der Waals surface area (Å²) in [5.74, 6) is -5.67. The second-order valence-corrected chi connectivity index (χ2v) is 11.0. The molecule has 1 aromatic heterocycles. The van der Waals surface area contributed by atoms with Crippen LogP contribution in [0.4, 0.5) is 13.2 Å². The highest BCUT2D eigenvalue weighted by atomic mass is 32.2. The number of rotatable bonds is 10. The summed E-state index contributed by atoms with van der Waals surface area (Å²) >= 11 is 1.02. The van der Waals surface area contributed by atoms with Crippen molar-refractivity contribution in [3.63, 3.8) is 0 Å². The van der Waals surface area contributed by atoms with Gasteiger partial charge in [0.25, 0.3) is 5.91 Å². The fourth-order valence-corrected chi connectivity index (χ4v) is 5.91. The zero-order valence-corrected chi connectivity index (χ0v) is 22.6. The molecule has 11 nitrogen and oxygen atoms in total. The van der Waals surface area contributed by atoms with Crippen molar-refractivity contribution in [3.05, 3.63) is 56.8 Å². The maximum Gasteiger partial charge on any atom is 0.491 e. The molecule has 0 saturated carbocycles. The lowest BCUT2D eigenvalue weighted by Gasteiger charge is -2.20. The van der Waals surface area contributed by atoms with Gasteiger partial charge in [0.05, 0.1) is 9.77 Å². The van der Waals surface area contributed by atoms with E-state index in [1.165, 1.54) is 19.9 Å². The van der Waals surface area contributed by atoms with Gasteiger partial charge in [0.2, 0.25) is 10.0 Å². The molecular weight excluding hydrogens is 563 g/mol. The van der Waals surface area contributed by atoms with Gasteiger partial charge in [-0.05, 0) is 50.1 Å². The van der Waals surface area contributed by atoms with Crippen LogP contribution >= 0.6 is 11.3 Å². The van der Waals surface area contributed by atoms with E-state index in [2.05, 4.69) is 15.4 Å². The molecule has 0 saturated heterocycles. The number of alkyl halides is 3. The molecule has 0 aliphatic carbocycles. The van der Waals surface area contributed by atoms with Crippen molar-refractivity contribution in [3.8, 4) is 0 Å². The molecule has 0 aliphatic heterocycles. The highest BCUT2D eigenvalue weighted by Gasteiger charge is 2.44. The maximum absolute atomic E-state index is 13.1. The number of hydrogen-bond acceptors (Lipinski definition) is 8. The molecule has 1 heterocycles. The summed E-state index contributed by atoms with van der Waals surface area (Å²) in [6, 6.07) is 4.07. The van der Waals surface area contributed by atoms with Crippen LogP contribution in [-0.4, -0.2) is 57.5 Å². The van der Waals surface area contributed by atoms with Crippen molar-refractivity contribution in [1.82, 2.24) is 15.4 Å². The third kappa shape index (κ3) is 9.19. The molecule has 6 N–H and O–H groups in total. The zero-order valence-electron chi connectivity index (χ0n) is 20.9. The number of nitrogens with two attached hydrogens (primary N) is 1. The van der Waals surface area contributed by atoms with E-state index in [0.29, 0.717) is 16.0 Å². The second-order valence-electron chi connectivity index (χ2n) is 8.22. The Labute approximate surface area is 226 Å². The minimum Gasteiger partial charge on any atom is -0.385 e. The van der Waals surface area contributed by atoms with E-state index < -0.39 is 46.6 Å². The van der Waals surface area contributed by atoms with Crippen LogP contribution in [0.15, 0.2) is 35.2 Å². The van der Waals surface area contributed by atoms with Crippen LogP contribution in [-0.2, 0) is 24.3 Å². The lowest BCUT2D eigenvalue weighted by atomic mass is 10.1. The average Bonchev–Trinajstić information content (AvgIpc) is 3.26. The first-order valence-electron chi connectivity index (χ1n) is 11.1. The normalized spacial score (nSPS) is 12.7. The van der Waals surface area contributed by atoms with E-state index in [4.69, 9.17) is 11.1 Å². The quantitative estimate of drug-likeness (QED) is 0.121. The van der Waals surface area contributed by atoms with Gasteiger partial charge in [-0.25, -0.2) is 18.0 Å². The van der Waals surface area contributed by atoms with Crippen molar-refractivity contribution in [2.75, 3.05) is 13.1 Å². The Morgan fingerprint density at radius 2 is 1.74 bits per heavy atom. The number of ether oxygens (including phenoxy) is 1. The Bertz CT molecular complexity index is 1380. The zero-order chi connectivity index (χ0) is 29.5. The summed E-state index contributed by atoms with van der Waals surface area (Å²) in [6.45, 7) is 4.16. The van der Waals surface area contributed by atoms with Gasteiger partial charge in [0.15, 0.2) is 5.96 Å². The molecule has 1 amide bonds. The molecule has 39 heavy (non-hydrogen) atoms. The van der Waals surface area contributed by atoms with Crippen molar-refractivity contribution in [2.45, 2.75) is 37.9 Å². The Balaban J connectivity index is 2.24. The number of aryl methyl sites for hydroxylation is 3. The van der Waals surface area contributed by atoms with E-state index in [1.54, 1.807) is 37.3 Å². The maximum atomic E-state index is 13.1. The van der Waals surface area contributed by atoms with E-state index in [9.17, 15) is 36.0 Å². The number of sulfonamides is 1. The van der Waals surface area contributed by atoms with Gasteiger partial charge in [-0.1, -0.05) is 23.8 Å². The Morgan fingerprint density at radius 1 is 1.13 bits per heavy atom. The minimum absolute atomic E-state index is 0.140. The van der Waals surface area contributed by atoms with Gasteiger partial charge in [0, 0.05) is 18.0 Å². The number of halogens is 3. The van der Waals surface area contributed by atoms with Crippen LogP contribution in [0.25, 0.3) is 6.08 Å². The highest BCUT2D eigenvalue weighted by Crippen LogP contribution is 2.23.